The standard InChI is InChI=1S/C21H19BrO5/c1-3-14(19(23)12-7-5-4-6-8-12)17-15-11-13(22)9-10-16(15)27-21(25)18(17)20(24)26-2/h4-11,14,17-18H,3H2,1-2H3. The third-order valence-corrected chi connectivity index (χ3v) is 5.37. The Kier molecular flexibility index (Phi) is 5.75. The van der Waals surface area contributed by atoms with Crippen LogP contribution in [-0.4, -0.2) is 24.8 Å². The number of ether oxygens (including phenoxy) is 2. The van der Waals surface area contributed by atoms with E-state index in [1.54, 1.807) is 42.5 Å². The maximum Gasteiger partial charge on any atom is 0.326 e. The van der Waals surface area contributed by atoms with Crippen molar-refractivity contribution in [2.45, 2.75) is 19.3 Å². The van der Waals surface area contributed by atoms with Crippen LogP contribution in [-0.2, 0) is 14.3 Å². The molecule has 27 heavy (non-hydrogen) atoms. The monoisotopic (exact) mass is 430 g/mol. The van der Waals surface area contributed by atoms with E-state index in [2.05, 4.69) is 15.9 Å². The van der Waals surface area contributed by atoms with Crippen LogP contribution in [0.15, 0.2) is 53.0 Å². The number of hydrogen-bond donors (Lipinski definition) is 0. The summed E-state index contributed by atoms with van der Waals surface area (Å²) in [5.74, 6) is -3.56. The molecule has 6 heteroatoms. The van der Waals surface area contributed by atoms with Gasteiger partial charge in [-0.2, -0.15) is 0 Å². The summed E-state index contributed by atoms with van der Waals surface area (Å²) in [4.78, 5) is 38.2. The first-order chi connectivity index (χ1) is 13.0. The highest BCUT2D eigenvalue weighted by molar-refractivity contribution is 9.10. The topological polar surface area (TPSA) is 69.7 Å². The zero-order chi connectivity index (χ0) is 19.6. The van der Waals surface area contributed by atoms with Crippen molar-refractivity contribution < 1.29 is 23.9 Å². The minimum absolute atomic E-state index is 0.113. The summed E-state index contributed by atoms with van der Waals surface area (Å²) in [6.45, 7) is 1.87. The molecule has 0 bridgehead atoms. The number of carbonyl (C=O) groups excluding carboxylic acids is 3. The predicted molar refractivity (Wildman–Crippen MR) is 103 cm³/mol. The Hall–Kier alpha value is -2.47. The molecular weight excluding hydrogens is 412 g/mol. The first kappa shape index (κ1) is 19.3. The molecule has 0 saturated carbocycles. The highest BCUT2D eigenvalue weighted by Gasteiger charge is 2.48. The van der Waals surface area contributed by atoms with E-state index in [0.29, 0.717) is 23.3 Å². The molecular formula is C21H19BrO5. The zero-order valence-corrected chi connectivity index (χ0v) is 16.6. The van der Waals surface area contributed by atoms with Crippen molar-refractivity contribution in [1.82, 2.24) is 0 Å². The number of methoxy groups -OCH3 is 1. The van der Waals surface area contributed by atoms with Crippen molar-refractivity contribution in [2.75, 3.05) is 7.11 Å². The Labute approximate surface area is 165 Å². The van der Waals surface area contributed by atoms with E-state index >= 15 is 0 Å². The van der Waals surface area contributed by atoms with E-state index < -0.39 is 29.7 Å². The van der Waals surface area contributed by atoms with Gasteiger partial charge < -0.3 is 9.47 Å². The second-order valence-corrected chi connectivity index (χ2v) is 7.29. The molecule has 2 aromatic rings. The van der Waals surface area contributed by atoms with Gasteiger partial charge in [-0.3, -0.25) is 14.4 Å². The summed E-state index contributed by atoms with van der Waals surface area (Å²) < 4.78 is 11.0. The Morgan fingerprint density at radius 3 is 2.52 bits per heavy atom. The Balaban J connectivity index is 2.14. The molecule has 3 unspecified atom stereocenters. The van der Waals surface area contributed by atoms with E-state index in [0.717, 1.165) is 4.47 Å². The fourth-order valence-electron chi connectivity index (χ4n) is 3.61. The third kappa shape index (κ3) is 3.67. The van der Waals surface area contributed by atoms with Crippen molar-refractivity contribution in [3.05, 3.63) is 64.1 Å². The number of esters is 2. The van der Waals surface area contributed by atoms with Crippen molar-refractivity contribution in [1.29, 1.82) is 0 Å². The Morgan fingerprint density at radius 2 is 1.89 bits per heavy atom. The van der Waals surface area contributed by atoms with Gasteiger partial charge in [-0.05, 0) is 24.6 Å². The maximum absolute atomic E-state index is 13.2. The van der Waals surface area contributed by atoms with Gasteiger partial charge in [0, 0.05) is 27.4 Å². The largest absolute Gasteiger partial charge is 0.468 e. The maximum atomic E-state index is 13.2. The number of hydrogen-bond acceptors (Lipinski definition) is 5. The van der Waals surface area contributed by atoms with Gasteiger partial charge >= 0.3 is 11.9 Å². The summed E-state index contributed by atoms with van der Waals surface area (Å²) in [6, 6.07) is 14.1. The number of fused-ring (bicyclic) bond motifs is 1. The molecule has 0 saturated heterocycles. The van der Waals surface area contributed by atoms with Crippen LogP contribution in [0.4, 0.5) is 0 Å². The number of carbonyl (C=O) groups is 3. The average Bonchev–Trinajstić information content (AvgIpc) is 2.69. The van der Waals surface area contributed by atoms with Crippen molar-refractivity contribution in [3.63, 3.8) is 0 Å². The Bertz CT molecular complexity index is 877. The summed E-state index contributed by atoms with van der Waals surface area (Å²) in [5, 5.41) is 0. The normalized spacial score (nSPS) is 19.6. The van der Waals surface area contributed by atoms with Gasteiger partial charge in [0.1, 0.15) is 5.75 Å². The number of ketones is 1. The molecule has 0 spiro atoms. The van der Waals surface area contributed by atoms with Crippen LogP contribution in [0.25, 0.3) is 0 Å². The summed E-state index contributed by atoms with van der Waals surface area (Å²) in [6.07, 6.45) is 0.463. The van der Waals surface area contributed by atoms with Crippen LogP contribution in [0, 0.1) is 11.8 Å². The molecule has 0 fully saturated rings. The second-order valence-electron chi connectivity index (χ2n) is 6.37. The summed E-state index contributed by atoms with van der Waals surface area (Å²) in [7, 11) is 1.23. The molecule has 0 N–H and O–H groups in total. The van der Waals surface area contributed by atoms with Crippen LogP contribution in [0.2, 0.25) is 0 Å². The highest BCUT2D eigenvalue weighted by atomic mass is 79.9. The van der Waals surface area contributed by atoms with Gasteiger partial charge in [-0.1, -0.05) is 53.2 Å². The molecule has 0 aromatic heterocycles. The summed E-state index contributed by atoms with van der Waals surface area (Å²) in [5.41, 5.74) is 1.19. The molecule has 0 aliphatic carbocycles. The molecule has 1 heterocycles. The van der Waals surface area contributed by atoms with Gasteiger partial charge in [0.25, 0.3) is 0 Å². The van der Waals surface area contributed by atoms with Gasteiger partial charge in [0.05, 0.1) is 7.11 Å². The fraction of sp³-hybridized carbons (Fsp3) is 0.286. The number of halogens is 1. The molecule has 140 valence electrons. The van der Waals surface area contributed by atoms with Crippen LogP contribution in [0.1, 0.15) is 35.2 Å². The molecule has 2 aromatic carbocycles. The van der Waals surface area contributed by atoms with E-state index in [-0.39, 0.29) is 5.78 Å². The zero-order valence-electron chi connectivity index (χ0n) is 15.0. The van der Waals surface area contributed by atoms with Crippen molar-refractivity contribution in [2.24, 2.45) is 11.8 Å². The lowest BCUT2D eigenvalue weighted by atomic mass is 9.71. The number of rotatable bonds is 5. The predicted octanol–water partition coefficient (Wildman–Crippen LogP) is 4.15. The number of Topliss-reactive ketones (excluding diaryl/α,β-unsaturated/α-hetero) is 1. The van der Waals surface area contributed by atoms with Gasteiger partial charge in [0.15, 0.2) is 11.7 Å². The van der Waals surface area contributed by atoms with E-state index in [4.69, 9.17) is 9.47 Å². The molecule has 3 atom stereocenters. The lowest BCUT2D eigenvalue weighted by Crippen LogP contribution is -2.42. The Morgan fingerprint density at radius 1 is 1.19 bits per heavy atom. The minimum atomic E-state index is -1.19. The van der Waals surface area contributed by atoms with Gasteiger partial charge in [-0.15, -0.1) is 0 Å². The molecule has 1 aliphatic rings. The van der Waals surface area contributed by atoms with Gasteiger partial charge in [-0.25, -0.2) is 0 Å². The van der Waals surface area contributed by atoms with Crippen LogP contribution in [0.5, 0.6) is 5.75 Å². The molecule has 0 radical (unpaired) electrons. The molecule has 1 aliphatic heterocycles. The molecule has 3 rings (SSSR count). The summed E-state index contributed by atoms with van der Waals surface area (Å²) >= 11 is 3.42. The molecule has 0 amide bonds. The minimum Gasteiger partial charge on any atom is -0.468 e. The average molecular weight is 431 g/mol. The smallest absolute Gasteiger partial charge is 0.326 e. The SMILES string of the molecule is CCC(C(=O)c1ccccc1)C1c2cc(Br)ccc2OC(=O)C1C(=O)OC. The second kappa shape index (κ2) is 8.05. The fourth-order valence-corrected chi connectivity index (χ4v) is 3.99. The van der Waals surface area contributed by atoms with Crippen molar-refractivity contribution >= 4 is 33.7 Å². The molecule has 5 nitrogen and oxygen atoms in total. The first-order valence-corrected chi connectivity index (χ1v) is 9.45. The first-order valence-electron chi connectivity index (χ1n) is 8.66. The van der Waals surface area contributed by atoms with Crippen LogP contribution < -0.4 is 4.74 Å². The van der Waals surface area contributed by atoms with E-state index in [1.165, 1.54) is 7.11 Å². The quantitative estimate of drug-likeness (QED) is 0.308. The van der Waals surface area contributed by atoms with Gasteiger partial charge in [0.2, 0.25) is 0 Å². The van der Waals surface area contributed by atoms with Crippen LogP contribution >= 0.6 is 15.9 Å². The number of benzene rings is 2. The van der Waals surface area contributed by atoms with E-state index in [9.17, 15) is 14.4 Å². The highest BCUT2D eigenvalue weighted by Crippen LogP contribution is 2.45. The van der Waals surface area contributed by atoms with Crippen molar-refractivity contribution in [3.8, 4) is 5.75 Å². The third-order valence-electron chi connectivity index (χ3n) is 4.88. The lowest BCUT2D eigenvalue weighted by Gasteiger charge is -2.34. The van der Waals surface area contributed by atoms with Crippen LogP contribution in [0.3, 0.4) is 0 Å². The van der Waals surface area contributed by atoms with E-state index in [1.807, 2.05) is 13.0 Å². The lowest BCUT2D eigenvalue weighted by molar-refractivity contribution is -0.158.